The summed E-state index contributed by atoms with van der Waals surface area (Å²) in [6.45, 7) is 4.95. The van der Waals surface area contributed by atoms with Crippen LogP contribution < -0.4 is 9.47 Å². The van der Waals surface area contributed by atoms with Crippen LogP contribution in [0.15, 0.2) is 42.5 Å². The number of rotatable bonds is 9. The van der Waals surface area contributed by atoms with Gasteiger partial charge >= 0.3 is 0 Å². The second-order valence-electron chi connectivity index (χ2n) is 7.49. The molecular weight excluding hydrogens is 410 g/mol. The maximum atomic E-state index is 13.1. The van der Waals surface area contributed by atoms with E-state index < -0.39 is 6.04 Å². The summed E-state index contributed by atoms with van der Waals surface area (Å²) in [4.78, 5) is 14.7. The Morgan fingerprint density at radius 1 is 1.12 bits per heavy atom. The van der Waals surface area contributed by atoms with E-state index in [9.17, 15) is 15.0 Å². The van der Waals surface area contributed by atoms with Crippen molar-refractivity contribution in [3.8, 4) is 28.5 Å². The van der Waals surface area contributed by atoms with Crippen LogP contribution in [-0.4, -0.2) is 57.6 Å². The van der Waals surface area contributed by atoms with Crippen molar-refractivity contribution in [1.82, 2.24) is 15.1 Å². The highest BCUT2D eigenvalue weighted by atomic mass is 16.5. The second kappa shape index (κ2) is 9.32. The van der Waals surface area contributed by atoms with Crippen LogP contribution in [0.5, 0.6) is 17.2 Å². The number of ether oxygens (including phenoxy) is 2. The molecule has 0 bridgehead atoms. The molecule has 3 aromatic rings. The van der Waals surface area contributed by atoms with Crippen LogP contribution in [0.25, 0.3) is 11.3 Å². The number of carbonyl (C=O) groups excluding carboxylic acids is 1. The molecule has 2 heterocycles. The molecule has 2 aromatic carbocycles. The van der Waals surface area contributed by atoms with Crippen LogP contribution in [0.4, 0.5) is 0 Å². The summed E-state index contributed by atoms with van der Waals surface area (Å²) in [5.41, 5.74) is 2.85. The van der Waals surface area contributed by atoms with Crippen molar-refractivity contribution in [3.05, 3.63) is 59.3 Å². The average molecular weight is 437 g/mol. The minimum Gasteiger partial charge on any atom is -0.507 e. The number of aliphatic hydroxyl groups excluding tert-OH is 1. The molecule has 1 aromatic heterocycles. The summed E-state index contributed by atoms with van der Waals surface area (Å²) in [5.74, 6) is 1.06. The second-order valence-corrected chi connectivity index (χ2v) is 7.49. The number of fused-ring (bicyclic) bond motifs is 1. The molecule has 4 rings (SSSR count). The molecule has 8 heteroatoms. The number of para-hydroxylation sites is 1. The Labute approximate surface area is 186 Å². The highest BCUT2D eigenvalue weighted by Crippen LogP contribution is 2.45. The third-order valence-electron chi connectivity index (χ3n) is 5.41. The van der Waals surface area contributed by atoms with Gasteiger partial charge in [0.15, 0.2) is 11.5 Å². The Balaban J connectivity index is 1.85. The van der Waals surface area contributed by atoms with Crippen molar-refractivity contribution in [2.45, 2.75) is 26.3 Å². The summed E-state index contributed by atoms with van der Waals surface area (Å²) in [7, 11) is 0. The summed E-state index contributed by atoms with van der Waals surface area (Å²) >= 11 is 0. The molecule has 1 aliphatic rings. The van der Waals surface area contributed by atoms with Gasteiger partial charge in [-0.3, -0.25) is 9.89 Å². The van der Waals surface area contributed by atoms with Gasteiger partial charge in [0.25, 0.3) is 5.91 Å². The molecule has 0 spiro atoms. The molecule has 1 aliphatic heterocycles. The molecule has 32 heavy (non-hydrogen) atoms. The number of aromatic nitrogens is 2. The lowest BCUT2D eigenvalue weighted by Gasteiger charge is -2.26. The fourth-order valence-corrected chi connectivity index (χ4v) is 4.06. The number of aromatic amines is 1. The zero-order chi connectivity index (χ0) is 22.7. The normalized spacial score (nSPS) is 15.2. The SMILES string of the molecule is CCCOc1ccc([C@H]2c3c(-c4ccccc4O)n[nH]c3C(=O)N2CCO)cc1OCC. The van der Waals surface area contributed by atoms with Gasteiger partial charge in [0.1, 0.15) is 17.1 Å². The van der Waals surface area contributed by atoms with E-state index in [1.54, 1.807) is 29.2 Å². The zero-order valence-corrected chi connectivity index (χ0v) is 18.2. The first-order valence-corrected chi connectivity index (χ1v) is 10.8. The molecule has 0 aliphatic carbocycles. The average Bonchev–Trinajstić information content (AvgIpc) is 3.33. The Morgan fingerprint density at radius 3 is 2.66 bits per heavy atom. The number of β-amino-alcohol motifs (C(OH)–C–C–N with tert-alkyl or cyclic N) is 1. The van der Waals surface area contributed by atoms with Gasteiger partial charge in [-0.25, -0.2) is 0 Å². The van der Waals surface area contributed by atoms with E-state index in [1.807, 2.05) is 32.0 Å². The summed E-state index contributed by atoms with van der Waals surface area (Å²) in [6, 6.07) is 12.0. The van der Waals surface area contributed by atoms with E-state index in [2.05, 4.69) is 10.2 Å². The van der Waals surface area contributed by atoms with Gasteiger partial charge in [-0.2, -0.15) is 5.10 Å². The largest absolute Gasteiger partial charge is 0.507 e. The lowest BCUT2D eigenvalue weighted by molar-refractivity contribution is 0.0706. The number of nitrogens with zero attached hydrogens (tertiary/aromatic N) is 2. The fraction of sp³-hybridized carbons (Fsp3) is 0.333. The number of phenols is 1. The summed E-state index contributed by atoms with van der Waals surface area (Å²) < 4.78 is 11.6. The van der Waals surface area contributed by atoms with E-state index in [0.717, 1.165) is 12.0 Å². The predicted molar refractivity (Wildman–Crippen MR) is 119 cm³/mol. The lowest BCUT2D eigenvalue weighted by Crippen LogP contribution is -2.32. The van der Waals surface area contributed by atoms with Crippen molar-refractivity contribution < 1.29 is 24.5 Å². The quantitative estimate of drug-likeness (QED) is 0.473. The van der Waals surface area contributed by atoms with Crippen LogP contribution in [-0.2, 0) is 0 Å². The monoisotopic (exact) mass is 437 g/mol. The molecule has 0 fully saturated rings. The van der Waals surface area contributed by atoms with Gasteiger partial charge < -0.3 is 24.6 Å². The Kier molecular flexibility index (Phi) is 6.32. The van der Waals surface area contributed by atoms with Crippen molar-refractivity contribution >= 4 is 5.91 Å². The van der Waals surface area contributed by atoms with Crippen molar-refractivity contribution in [2.75, 3.05) is 26.4 Å². The number of phenolic OH excluding ortho intramolecular Hbond substituents is 1. The van der Waals surface area contributed by atoms with E-state index in [4.69, 9.17) is 9.47 Å². The van der Waals surface area contributed by atoms with Gasteiger partial charge in [0, 0.05) is 17.7 Å². The third-order valence-corrected chi connectivity index (χ3v) is 5.41. The first-order chi connectivity index (χ1) is 15.6. The zero-order valence-electron chi connectivity index (χ0n) is 18.2. The van der Waals surface area contributed by atoms with Crippen molar-refractivity contribution in [2.24, 2.45) is 0 Å². The molecule has 0 saturated heterocycles. The van der Waals surface area contributed by atoms with Crippen LogP contribution in [0.1, 0.15) is 47.9 Å². The van der Waals surface area contributed by atoms with Crippen molar-refractivity contribution in [1.29, 1.82) is 0 Å². The molecular formula is C24H27N3O5. The summed E-state index contributed by atoms with van der Waals surface area (Å²) in [6.07, 6.45) is 0.872. The molecule has 0 saturated carbocycles. The first kappa shape index (κ1) is 21.7. The van der Waals surface area contributed by atoms with E-state index in [0.29, 0.717) is 47.2 Å². The molecule has 1 atom stereocenters. The molecule has 168 valence electrons. The van der Waals surface area contributed by atoms with Gasteiger partial charge in [0.05, 0.1) is 25.9 Å². The molecule has 8 nitrogen and oxygen atoms in total. The highest BCUT2D eigenvalue weighted by Gasteiger charge is 2.42. The van der Waals surface area contributed by atoms with Gasteiger partial charge in [0.2, 0.25) is 0 Å². The Morgan fingerprint density at radius 2 is 1.94 bits per heavy atom. The van der Waals surface area contributed by atoms with Crippen molar-refractivity contribution in [3.63, 3.8) is 0 Å². The number of nitrogens with one attached hydrogen (secondary N) is 1. The predicted octanol–water partition coefficient (Wildman–Crippen LogP) is 3.51. The van der Waals surface area contributed by atoms with E-state index in [-0.39, 0.29) is 24.8 Å². The lowest BCUT2D eigenvalue weighted by atomic mass is 9.95. The van der Waals surface area contributed by atoms with Gasteiger partial charge in [-0.05, 0) is 43.2 Å². The smallest absolute Gasteiger partial charge is 0.273 e. The molecule has 0 unspecified atom stereocenters. The maximum absolute atomic E-state index is 13.1. The van der Waals surface area contributed by atoms with Crippen LogP contribution in [0.2, 0.25) is 0 Å². The fourth-order valence-electron chi connectivity index (χ4n) is 4.06. The number of aliphatic hydroxyl groups is 1. The maximum Gasteiger partial charge on any atom is 0.273 e. The minimum atomic E-state index is -0.502. The number of hydrogen-bond acceptors (Lipinski definition) is 6. The number of benzene rings is 2. The van der Waals surface area contributed by atoms with Crippen LogP contribution >= 0.6 is 0 Å². The van der Waals surface area contributed by atoms with E-state index in [1.165, 1.54) is 0 Å². The van der Waals surface area contributed by atoms with Gasteiger partial charge in [-0.15, -0.1) is 0 Å². The van der Waals surface area contributed by atoms with Crippen LogP contribution in [0, 0.1) is 0 Å². The number of aromatic hydroxyl groups is 1. The Hall–Kier alpha value is -3.52. The van der Waals surface area contributed by atoms with E-state index >= 15 is 0 Å². The van der Waals surface area contributed by atoms with Crippen LogP contribution in [0.3, 0.4) is 0 Å². The topological polar surface area (TPSA) is 108 Å². The minimum absolute atomic E-state index is 0.0759. The number of amides is 1. The first-order valence-electron chi connectivity index (χ1n) is 10.8. The highest BCUT2D eigenvalue weighted by molar-refractivity contribution is 6.00. The summed E-state index contributed by atoms with van der Waals surface area (Å²) in [5, 5.41) is 27.2. The standard InChI is InChI=1S/C24H27N3O5/c1-3-13-32-18-10-9-15(14-19(18)31-4-2)23-20-21(16-7-5-6-8-17(16)29)25-26-22(20)24(30)27(23)11-12-28/h5-10,14,23,28-29H,3-4,11-13H2,1-2H3,(H,25,26)/t23-/m0/s1. The molecule has 1 amide bonds. The van der Waals surface area contributed by atoms with Gasteiger partial charge in [-0.1, -0.05) is 25.1 Å². The number of H-pyrrole nitrogens is 1. The third kappa shape index (κ3) is 3.78. The Bertz CT molecular complexity index is 1110. The molecule has 0 radical (unpaired) electrons. The number of carbonyl (C=O) groups is 1. The molecule has 3 N–H and O–H groups in total. The number of hydrogen-bond donors (Lipinski definition) is 3.